The lowest BCUT2D eigenvalue weighted by molar-refractivity contribution is 0.430. The average Bonchev–Trinajstić information content (AvgIpc) is 3.09. The summed E-state index contributed by atoms with van der Waals surface area (Å²) in [6, 6.07) is 33.7. The Kier molecular flexibility index (Phi) is 8.31. The minimum atomic E-state index is -0.389. The Morgan fingerprint density at radius 1 is 0.600 bits per heavy atom. The highest BCUT2D eigenvalue weighted by molar-refractivity contribution is 6.90. The minimum absolute atomic E-state index is 0.0149. The van der Waals surface area contributed by atoms with Crippen LogP contribution in [0.1, 0.15) is 131 Å². The first-order valence-electron chi connectivity index (χ1n) is 20.7. The van der Waals surface area contributed by atoms with E-state index in [1.165, 1.54) is 67.1 Å². The molecule has 0 spiro atoms. The first-order chi connectivity index (χ1) is 25.5. The van der Waals surface area contributed by atoms with E-state index < -0.39 is 0 Å². The van der Waals surface area contributed by atoms with Gasteiger partial charge < -0.3 is 9.80 Å². The fourth-order valence-corrected chi connectivity index (χ4v) is 10.1. The van der Waals surface area contributed by atoms with Crippen molar-refractivity contribution in [3.63, 3.8) is 0 Å². The van der Waals surface area contributed by atoms with E-state index in [0.29, 0.717) is 0 Å². The van der Waals surface area contributed by atoms with Crippen LogP contribution in [0.15, 0.2) is 114 Å². The first kappa shape index (κ1) is 37.7. The van der Waals surface area contributed by atoms with Crippen molar-refractivity contribution in [2.45, 2.75) is 136 Å². The molecule has 2 nitrogen and oxygen atoms in total. The van der Waals surface area contributed by atoms with E-state index in [0.717, 1.165) is 6.42 Å². The van der Waals surface area contributed by atoms with Crippen LogP contribution < -0.4 is 20.7 Å². The molecule has 0 radical (unpaired) electrons. The molecule has 2 heterocycles. The normalized spacial score (nSPS) is 23.4. The molecule has 0 fully saturated rings. The predicted octanol–water partition coefficient (Wildman–Crippen LogP) is 12.5. The summed E-state index contributed by atoms with van der Waals surface area (Å²) >= 11 is 0. The molecule has 4 aromatic rings. The number of hydrogen-bond acceptors (Lipinski definition) is 2. The minimum Gasteiger partial charge on any atom is -0.336 e. The summed E-state index contributed by atoms with van der Waals surface area (Å²) in [6.07, 6.45) is 11.0. The zero-order valence-electron chi connectivity index (χ0n) is 36.1. The lowest BCUT2D eigenvalue weighted by atomic mass is 9.25. The molecule has 3 heteroatoms. The van der Waals surface area contributed by atoms with Gasteiger partial charge in [-0.05, 0) is 117 Å². The standard InChI is InChI=1S/C52H63BN2/c1-47(2,3)35-19-23-39(24-20-35)54-43-25-21-37(49(7,8)9)32-41(43)53-42-33-38(50(10,11)12)22-26-44(42)55(51(13)29-27-36(28-30-51)48(4,5)6)45-31-34-17-15-16-18-40(34)52(54,14)46(45)53/h15-29,31-33,46H,30H2,1-14H3. The third-order valence-corrected chi connectivity index (χ3v) is 13.5. The quantitative estimate of drug-likeness (QED) is 0.190. The molecule has 4 aromatic carbocycles. The molecule has 0 N–H and O–H groups in total. The Morgan fingerprint density at radius 2 is 1.13 bits per heavy atom. The molecular weight excluding hydrogens is 663 g/mol. The second-order valence-electron chi connectivity index (χ2n) is 21.6. The maximum atomic E-state index is 2.77. The summed E-state index contributed by atoms with van der Waals surface area (Å²) in [7, 11) is 0. The summed E-state index contributed by atoms with van der Waals surface area (Å²) in [5, 5.41) is 0. The monoisotopic (exact) mass is 727 g/mol. The van der Waals surface area contributed by atoms with Gasteiger partial charge in [0.2, 0.25) is 6.71 Å². The van der Waals surface area contributed by atoms with Gasteiger partial charge >= 0.3 is 0 Å². The lowest BCUT2D eigenvalue weighted by Gasteiger charge is -2.62. The largest absolute Gasteiger partial charge is 0.336 e. The Balaban J connectivity index is 1.48. The van der Waals surface area contributed by atoms with Crippen LogP contribution in [0.25, 0.3) is 6.08 Å². The summed E-state index contributed by atoms with van der Waals surface area (Å²) in [4.78, 5) is 5.51. The summed E-state index contributed by atoms with van der Waals surface area (Å²) < 4.78 is 0. The Hall–Kier alpha value is -4.24. The van der Waals surface area contributed by atoms with Gasteiger partial charge in [-0.15, -0.1) is 0 Å². The molecule has 0 saturated heterocycles. The van der Waals surface area contributed by atoms with E-state index >= 15 is 0 Å². The number of fused-ring (bicyclic) bond motifs is 6. The van der Waals surface area contributed by atoms with Gasteiger partial charge in [0.25, 0.3) is 0 Å². The highest BCUT2D eigenvalue weighted by Gasteiger charge is 2.61. The number of benzene rings is 4. The molecular formula is C52H63BN2. The van der Waals surface area contributed by atoms with Crippen LogP contribution in [0.2, 0.25) is 5.82 Å². The Labute approximate surface area is 333 Å². The number of hydrogen-bond donors (Lipinski definition) is 0. The van der Waals surface area contributed by atoms with Crippen molar-refractivity contribution >= 4 is 40.8 Å². The fraction of sp³-hybridized carbons (Fsp3) is 0.423. The van der Waals surface area contributed by atoms with Gasteiger partial charge in [0.1, 0.15) is 0 Å². The molecule has 2 aliphatic heterocycles. The molecule has 284 valence electrons. The van der Waals surface area contributed by atoms with Crippen LogP contribution in [0.3, 0.4) is 0 Å². The Morgan fingerprint density at radius 3 is 1.64 bits per heavy atom. The molecule has 3 unspecified atom stereocenters. The van der Waals surface area contributed by atoms with Crippen LogP contribution in [0.4, 0.5) is 17.1 Å². The molecule has 3 atom stereocenters. The molecule has 0 amide bonds. The second kappa shape index (κ2) is 12.1. The van der Waals surface area contributed by atoms with E-state index in [-0.39, 0.29) is 45.3 Å². The molecule has 8 rings (SSSR count). The van der Waals surface area contributed by atoms with Gasteiger partial charge in [0.05, 0.1) is 11.1 Å². The highest BCUT2D eigenvalue weighted by atomic mass is 15.3. The van der Waals surface area contributed by atoms with E-state index in [1.54, 1.807) is 0 Å². The van der Waals surface area contributed by atoms with Crippen LogP contribution in [-0.4, -0.2) is 12.3 Å². The van der Waals surface area contributed by atoms with Crippen molar-refractivity contribution < 1.29 is 0 Å². The number of nitrogens with zero attached hydrogens (tertiary/aromatic N) is 2. The fourth-order valence-electron chi connectivity index (χ4n) is 10.1. The van der Waals surface area contributed by atoms with Crippen molar-refractivity contribution in [2.24, 2.45) is 5.41 Å². The third kappa shape index (κ3) is 5.90. The van der Waals surface area contributed by atoms with Crippen molar-refractivity contribution in [3.05, 3.63) is 142 Å². The van der Waals surface area contributed by atoms with E-state index in [9.17, 15) is 0 Å². The average molecular weight is 727 g/mol. The molecule has 0 bridgehead atoms. The van der Waals surface area contributed by atoms with Gasteiger partial charge in [-0.3, -0.25) is 0 Å². The van der Waals surface area contributed by atoms with Crippen molar-refractivity contribution in [3.8, 4) is 0 Å². The van der Waals surface area contributed by atoms with Crippen LogP contribution in [0, 0.1) is 5.41 Å². The molecule has 0 aromatic heterocycles. The van der Waals surface area contributed by atoms with Gasteiger partial charge in [-0.2, -0.15) is 0 Å². The van der Waals surface area contributed by atoms with E-state index in [1.807, 2.05) is 0 Å². The SMILES string of the molecule is CC(C)(C)C1=CCC(C)(N2C3=Cc4ccccc4C4(C)C3B(c3cc(C(C)(C)C)ccc32)c2cc(C(C)(C)C)ccc2N4c2ccc(C(C)(C)C)cc2)C=C1. The Bertz CT molecular complexity index is 2280. The number of rotatable bonds is 2. The van der Waals surface area contributed by atoms with Crippen LogP contribution in [-0.2, 0) is 21.8 Å². The van der Waals surface area contributed by atoms with Gasteiger partial charge in [0, 0.05) is 28.6 Å². The predicted molar refractivity (Wildman–Crippen MR) is 240 cm³/mol. The summed E-state index contributed by atoms with van der Waals surface area (Å²) in [5.41, 5.74) is 16.1. The topological polar surface area (TPSA) is 6.48 Å². The highest BCUT2D eigenvalue weighted by Crippen LogP contribution is 2.61. The second-order valence-corrected chi connectivity index (χ2v) is 21.6. The smallest absolute Gasteiger partial charge is 0.226 e. The lowest BCUT2D eigenvalue weighted by Crippen LogP contribution is -2.69. The summed E-state index contributed by atoms with van der Waals surface area (Å²) in [6.45, 7) is 33.3. The number of anilines is 3. The number of allylic oxidation sites excluding steroid dienone is 2. The molecule has 55 heavy (non-hydrogen) atoms. The van der Waals surface area contributed by atoms with Crippen LogP contribution >= 0.6 is 0 Å². The van der Waals surface area contributed by atoms with Crippen LogP contribution in [0.5, 0.6) is 0 Å². The van der Waals surface area contributed by atoms with E-state index in [4.69, 9.17) is 0 Å². The van der Waals surface area contributed by atoms with E-state index in [2.05, 4.69) is 216 Å². The third-order valence-electron chi connectivity index (χ3n) is 13.5. The van der Waals surface area contributed by atoms with Gasteiger partial charge in [-0.1, -0.05) is 162 Å². The maximum absolute atomic E-state index is 2.77. The zero-order chi connectivity index (χ0) is 39.7. The van der Waals surface area contributed by atoms with Crippen molar-refractivity contribution in [2.75, 3.05) is 9.80 Å². The maximum Gasteiger partial charge on any atom is 0.226 e. The van der Waals surface area contributed by atoms with Crippen molar-refractivity contribution in [1.82, 2.24) is 0 Å². The first-order valence-corrected chi connectivity index (χ1v) is 20.7. The zero-order valence-corrected chi connectivity index (χ0v) is 36.1. The van der Waals surface area contributed by atoms with Gasteiger partial charge in [0.15, 0.2) is 0 Å². The van der Waals surface area contributed by atoms with Gasteiger partial charge in [-0.25, -0.2) is 0 Å². The molecule has 0 saturated carbocycles. The summed E-state index contributed by atoms with van der Waals surface area (Å²) in [5.74, 6) is 0.147. The van der Waals surface area contributed by atoms with Crippen molar-refractivity contribution in [1.29, 1.82) is 0 Å². The molecule has 2 aliphatic carbocycles. The molecule has 4 aliphatic rings.